The quantitative estimate of drug-likeness (QED) is 0.312. The SMILES string of the molecule is CCOC(=O)C1C(C)NNC1n1ccc2nc3ccn(Cc4ccc(OC)cc4)c(=O)c3cc2c1=O. The minimum absolute atomic E-state index is 0.239. The summed E-state index contributed by atoms with van der Waals surface area (Å²) < 4.78 is 13.5. The molecule has 0 saturated carbocycles. The van der Waals surface area contributed by atoms with Crippen molar-refractivity contribution < 1.29 is 14.3 Å². The minimum atomic E-state index is -0.644. The second kappa shape index (κ2) is 9.56. The van der Waals surface area contributed by atoms with Gasteiger partial charge in [0.15, 0.2) is 0 Å². The molecule has 5 rings (SSSR count). The lowest BCUT2D eigenvalue weighted by Gasteiger charge is -2.21. The van der Waals surface area contributed by atoms with E-state index in [9.17, 15) is 14.4 Å². The Kier molecular flexibility index (Phi) is 6.29. The van der Waals surface area contributed by atoms with Crippen molar-refractivity contribution in [1.82, 2.24) is 25.0 Å². The number of rotatable bonds is 6. The summed E-state index contributed by atoms with van der Waals surface area (Å²) in [6.07, 6.45) is 2.67. The van der Waals surface area contributed by atoms with Crippen LogP contribution in [0.25, 0.3) is 21.8 Å². The first kappa shape index (κ1) is 23.7. The molecule has 0 radical (unpaired) electrons. The predicted octanol–water partition coefficient (Wildman–Crippen LogP) is 1.94. The van der Waals surface area contributed by atoms with E-state index in [2.05, 4.69) is 15.8 Å². The molecule has 3 unspecified atom stereocenters. The maximum Gasteiger partial charge on any atom is 0.314 e. The summed E-state index contributed by atoms with van der Waals surface area (Å²) in [4.78, 5) is 44.0. The van der Waals surface area contributed by atoms with Gasteiger partial charge in [-0.25, -0.2) is 10.4 Å². The molecule has 1 saturated heterocycles. The second-order valence-electron chi connectivity index (χ2n) is 8.78. The number of hydrogen-bond acceptors (Lipinski definition) is 8. The summed E-state index contributed by atoms with van der Waals surface area (Å²) in [7, 11) is 1.60. The Morgan fingerprint density at radius 3 is 2.39 bits per heavy atom. The maximum atomic E-state index is 13.5. The molecule has 0 bridgehead atoms. The number of hydrazine groups is 1. The standard InChI is InChI=1S/C26H27N5O5/c1-4-36-26(34)22-15(2)28-29-23(22)31-12-10-21-19(25(31)33)13-18-20(27-21)9-11-30(24(18)32)14-16-5-7-17(35-3)8-6-16/h5-13,15,22-23,28-29H,4,14H2,1-3H3. The van der Waals surface area contributed by atoms with E-state index in [0.717, 1.165) is 11.3 Å². The van der Waals surface area contributed by atoms with Crippen LogP contribution in [0.2, 0.25) is 0 Å². The van der Waals surface area contributed by atoms with Crippen LogP contribution in [-0.4, -0.2) is 39.8 Å². The topological polar surface area (TPSA) is 116 Å². The summed E-state index contributed by atoms with van der Waals surface area (Å²) >= 11 is 0. The van der Waals surface area contributed by atoms with E-state index < -0.39 is 18.1 Å². The Morgan fingerprint density at radius 1 is 1.00 bits per heavy atom. The third kappa shape index (κ3) is 4.14. The highest BCUT2D eigenvalue weighted by Crippen LogP contribution is 2.25. The lowest BCUT2D eigenvalue weighted by Crippen LogP contribution is -2.38. The molecule has 1 aliphatic rings. The number of pyridine rings is 3. The molecule has 10 nitrogen and oxygen atoms in total. The molecule has 4 heterocycles. The van der Waals surface area contributed by atoms with Crippen LogP contribution in [0.15, 0.2) is 64.4 Å². The molecule has 0 spiro atoms. The molecular weight excluding hydrogens is 462 g/mol. The zero-order valence-electron chi connectivity index (χ0n) is 20.2. The number of aromatic nitrogens is 3. The molecule has 4 aromatic rings. The van der Waals surface area contributed by atoms with Crippen molar-refractivity contribution in [2.24, 2.45) is 5.92 Å². The van der Waals surface area contributed by atoms with Gasteiger partial charge in [0.2, 0.25) is 0 Å². The Bertz CT molecular complexity index is 1560. The highest BCUT2D eigenvalue weighted by molar-refractivity contribution is 5.91. The van der Waals surface area contributed by atoms with Crippen LogP contribution in [-0.2, 0) is 16.1 Å². The van der Waals surface area contributed by atoms with E-state index in [1.807, 2.05) is 31.2 Å². The van der Waals surface area contributed by atoms with Gasteiger partial charge in [0, 0.05) is 18.4 Å². The summed E-state index contributed by atoms with van der Waals surface area (Å²) in [6, 6.07) is 12.3. The number of methoxy groups -OCH3 is 1. The van der Waals surface area contributed by atoms with Gasteiger partial charge in [0.05, 0.1) is 42.1 Å². The zero-order valence-corrected chi connectivity index (χ0v) is 20.2. The van der Waals surface area contributed by atoms with E-state index in [1.165, 1.54) is 4.57 Å². The predicted molar refractivity (Wildman–Crippen MR) is 135 cm³/mol. The van der Waals surface area contributed by atoms with Gasteiger partial charge in [-0.15, -0.1) is 0 Å². The lowest BCUT2D eigenvalue weighted by molar-refractivity contribution is -0.149. The molecular formula is C26H27N5O5. The van der Waals surface area contributed by atoms with E-state index in [4.69, 9.17) is 9.47 Å². The van der Waals surface area contributed by atoms with Crippen molar-refractivity contribution in [2.45, 2.75) is 32.6 Å². The fraction of sp³-hybridized carbons (Fsp3) is 0.308. The maximum absolute atomic E-state index is 13.5. The number of ether oxygens (including phenoxy) is 2. The molecule has 0 aliphatic carbocycles. The van der Waals surface area contributed by atoms with Crippen LogP contribution in [0.5, 0.6) is 5.75 Å². The average Bonchev–Trinajstić information content (AvgIpc) is 3.27. The third-order valence-electron chi connectivity index (χ3n) is 6.55. The Hall–Kier alpha value is -4.02. The van der Waals surface area contributed by atoms with Gasteiger partial charge >= 0.3 is 5.97 Å². The van der Waals surface area contributed by atoms with Gasteiger partial charge in [-0.05, 0) is 49.7 Å². The molecule has 2 N–H and O–H groups in total. The van der Waals surface area contributed by atoms with Gasteiger partial charge in [0.25, 0.3) is 11.1 Å². The van der Waals surface area contributed by atoms with Crippen molar-refractivity contribution in [3.63, 3.8) is 0 Å². The Balaban J connectivity index is 1.56. The highest BCUT2D eigenvalue weighted by Gasteiger charge is 2.41. The fourth-order valence-corrected chi connectivity index (χ4v) is 4.63. The van der Waals surface area contributed by atoms with E-state index in [0.29, 0.717) is 28.4 Å². The van der Waals surface area contributed by atoms with E-state index >= 15 is 0 Å². The number of carbonyl (C=O) groups excluding carboxylic acids is 1. The first-order valence-electron chi connectivity index (χ1n) is 11.8. The molecule has 0 amide bonds. The lowest BCUT2D eigenvalue weighted by atomic mass is 10.00. The summed E-state index contributed by atoms with van der Waals surface area (Å²) in [5, 5.41) is 0.648. The van der Waals surface area contributed by atoms with E-state index in [1.54, 1.807) is 49.2 Å². The number of carbonyl (C=O) groups is 1. The zero-order chi connectivity index (χ0) is 25.4. The van der Waals surface area contributed by atoms with Gasteiger partial charge in [-0.3, -0.25) is 24.4 Å². The Labute approximate surface area is 206 Å². The van der Waals surface area contributed by atoms with Gasteiger partial charge in [0.1, 0.15) is 17.8 Å². The van der Waals surface area contributed by atoms with Crippen molar-refractivity contribution in [2.75, 3.05) is 13.7 Å². The smallest absolute Gasteiger partial charge is 0.314 e. The van der Waals surface area contributed by atoms with Crippen molar-refractivity contribution >= 4 is 27.8 Å². The number of esters is 1. The minimum Gasteiger partial charge on any atom is -0.497 e. The molecule has 36 heavy (non-hydrogen) atoms. The average molecular weight is 490 g/mol. The van der Waals surface area contributed by atoms with Crippen LogP contribution in [0.4, 0.5) is 0 Å². The first-order valence-corrected chi connectivity index (χ1v) is 11.8. The van der Waals surface area contributed by atoms with Gasteiger partial charge < -0.3 is 14.0 Å². The van der Waals surface area contributed by atoms with Crippen molar-refractivity contribution in [1.29, 1.82) is 0 Å². The highest BCUT2D eigenvalue weighted by atomic mass is 16.5. The molecule has 10 heteroatoms. The second-order valence-corrected chi connectivity index (χ2v) is 8.78. The molecule has 1 aliphatic heterocycles. The van der Waals surface area contributed by atoms with E-state index in [-0.39, 0.29) is 23.8 Å². The summed E-state index contributed by atoms with van der Waals surface area (Å²) in [5.41, 5.74) is 7.37. The van der Waals surface area contributed by atoms with Crippen molar-refractivity contribution in [3.05, 3.63) is 81.1 Å². The molecule has 1 aromatic carbocycles. The monoisotopic (exact) mass is 489 g/mol. The molecule has 3 atom stereocenters. The Morgan fingerprint density at radius 2 is 1.69 bits per heavy atom. The first-order chi connectivity index (χ1) is 17.4. The third-order valence-corrected chi connectivity index (χ3v) is 6.55. The largest absolute Gasteiger partial charge is 0.497 e. The number of nitrogens with one attached hydrogen (secondary N) is 2. The van der Waals surface area contributed by atoms with Crippen molar-refractivity contribution in [3.8, 4) is 5.75 Å². The summed E-state index contributed by atoms with van der Waals surface area (Å²) in [5.74, 6) is -0.254. The number of fused-ring (bicyclic) bond motifs is 2. The van der Waals surface area contributed by atoms with Crippen LogP contribution >= 0.6 is 0 Å². The number of nitrogens with zero attached hydrogens (tertiary/aromatic N) is 3. The fourth-order valence-electron chi connectivity index (χ4n) is 4.63. The summed E-state index contributed by atoms with van der Waals surface area (Å²) in [6.45, 7) is 4.21. The normalized spacial score (nSPS) is 19.6. The van der Waals surface area contributed by atoms with Crippen LogP contribution in [0.3, 0.4) is 0 Å². The van der Waals surface area contributed by atoms with Crippen LogP contribution in [0, 0.1) is 5.92 Å². The van der Waals surface area contributed by atoms with Gasteiger partial charge in [-0.1, -0.05) is 12.1 Å². The number of hydrogen-bond donors (Lipinski definition) is 2. The number of benzene rings is 1. The molecule has 3 aromatic heterocycles. The molecule has 186 valence electrons. The molecule has 1 fully saturated rings. The van der Waals surface area contributed by atoms with Crippen LogP contribution in [0.1, 0.15) is 25.6 Å². The van der Waals surface area contributed by atoms with Crippen LogP contribution < -0.4 is 26.7 Å². The van der Waals surface area contributed by atoms with Gasteiger partial charge in [-0.2, -0.15) is 0 Å².